The highest BCUT2D eigenvalue weighted by Gasteiger charge is 2.37. The van der Waals surface area contributed by atoms with Crippen LogP contribution >= 0.6 is 0 Å². The molecule has 34 heavy (non-hydrogen) atoms. The zero-order valence-corrected chi connectivity index (χ0v) is 18.2. The quantitative estimate of drug-likeness (QED) is 0.497. The summed E-state index contributed by atoms with van der Waals surface area (Å²) in [6.45, 7) is 3.16. The van der Waals surface area contributed by atoms with E-state index in [0.29, 0.717) is 41.1 Å². The van der Waals surface area contributed by atoms with Crippen LogP contribution in [0.3, 0.4) is 0 Å². The van der Waals surface area contributed by atoms with Gasteiger partial charge in [0.05, 0.1) is 36.9 Å². The molecule has 1 fully saturated rings. The first-order valence-electron chi connectivity index (χ1n) is 10.6. The van der Waals surface area contributed by atoms with E-state index in [1.807, 2.05) is 6.92 Å². The van der Waals surface area contributed by atoms with Gasteiger partial charge in [0.1, 0.15) is 18.1 Å². The maximum Gasteiger partial charge on any atom is 0.413 e. The number of carboxylic acid groups (broad SMARTS) is 1. The largest absolute Gasteiger partial charge is 0.474 e. The first kappa shape index (κ1) is 21.7. The molecule has 5 rings (SSSR count). The molecule has 0 aliphatic carbocycles. The third-order valence-electron chi connectivity index (χ3n) is 6.22. The van der Waals surface area contributed by atoms with Gasteiger partial charge < -0.3 is 25.6 Å². The molecule has 0 radical (unpaired) electrons. The maximum absolute atomic E-state index is 15.4. The number of nitrogens with two attached hydrogens (primary N) is 1. The lowest BCUT2D eigenvalue weighted by Gasteiger charge is -2.26. The van der Waals surface area contributed by atoms with Gasteiger partial charge in [-0.15, -0.1) is 0 Å². The molecule has 11 heteroatoms. The molecule has 2 aliphatic rings. The molecular formula is C23H21FN6O4. The summed E-state index contributed by atoms with van der Waals surface area (Å²) in [6, 6.07) is 4.50. The van der Waals surface area contributed by atoms with E-state index < -0.39 is 23.9 Å². The zero-order chi connectivity index (χ0) is 24.0. The maximum atomic E-state index is 15.4. The summed E-state index contributed by atoms with van der Waals surface area (Å²) < 4.78 is 26.2. The predicted octanol–water partition coefficient (Wildman–Crippen LogP) is 3.15. The van der Waals surface area contributed by atoms with Crippen LogP contribution in [0.15, 0.2) is 24.5 Å². The van der Waals surface area contributed by atoms with Crippen molar-refractivity contribution in [2.24, 2.45) is 5.92 Å². The second kappa shape index (κ2) is 8.31. The number of amides is 1. The summed E-state index contributed by atoms with van der Waals surface area (Å²) in [5.74, 6) is -0.687. The van der Waals surface area contributed by atoms with Gasteiger partial charge in [0.25, 0.3) is 0 Å². The number of ether oxygens (including phenoxy) is 2. The smallest absolute Gasteiger partial charge is 0.413 e. The number of hydrogen-bond acceptors (Lipinski definition) is 8. The monoisotopic (exact) mass is 464 g/mol. The van der Waals surface area contributed by atoms with Crippen molar-refractivity contribution in [1.82, 2.24) is 9.97 Å². The van der Waals surface area contributed by atoms with Crippen molar-refractivity contribution in [2.45, 2.75) is 13.0 Å². The predicted molar refractivity (Wildman–Crippen MR) is 122 cm³/mol. The number of halogens is 1. The molecule has 0 bridgehead atoms. The summed E-state index contributed by atoms with van der Waals surface area (Å²) >= 11 is 0. The standard InChI is InChI=1S/C23H21FN6O4/c1-11-15(7-29-22-21(11)27-2-3-34-22)14-4-12-5-18(28-8-16(12)20(26)19(14)24)30(23(31)32)17-10-33-9-13(17)6-25/h4-5,7-8,13,17,27H,2-3,9-10,26H2,1H3,(H,31,32). The minimum atomic E-state index is -1.27. The van der Waals surface area contributed by atoms with Crippen molar-refractivity contribution < 1.29 is 23.8 Å². The van der Waals surface area contributed by atoms with Gasteiger partial charge in [-0.1, -0.05) is 0 Å². The van der Waals surface area contributed by atoms with Crippen LogP contribution in [0.25, 0.3) is 21.9 Å². The molecule has 0 saturated carbocycles. The lowest BCUT2D eigenvalue weighted by molar-refractivity contribution is 0.182. The highest BCUT2D eigenvalue weighted by molar-refractivity contribution is 5.99. The third-order valence-corrected chi connectivity index (χ3v) is 6.22. The molecule has 1 saturated heterocycles. The molecule has 2 aliphatic heterocycles. The Morgan fingerprint density at radius 3 is 2.91 bits per heavy atom. The summed E-state index contributed by atoms with van der Waals surface area (Å²) in [5.41, 5.74) is 8.23. The fraction of sp³-hybridized carbons (Fsp3) is 0.304. The van der Waals surface area contributed by atoms with Crippen molar-refractivity contribution in [3.8, 4) is 23.1 Å². The number of nitrogen functional groups attached to an aromatic ring is 1. The molecule has 4 N–H and O–H groups in total. The van der Waals surface area contributed by atoms with Crippen LogP contribution in [-0.4, -0.2) is 53.6 Å². The number of nitrogens with zero attached hydrogens (tertiary/aromatic N) is 4. The fourth-order valence-electron chi connectivity index (χ4n) is 4.44. The van der Waals surface area contributed by atoms with Gasteiger partial charge in [0, 0.05) is 35.5 Å². The number of aromatic nitrogens is 2. The first-order chi connectivity index (χ1) is 16.4. The Labute approximate surface area is 193 Å². The van der Waals surface area contributed by atoms with Gasteiger partial charge >= 0.3 is 6.09 Å². The molecule has 4 heterocycles. The number of anilines is 3. The number of pyridine rings is 2. The summed E-state index contributed by atoms with van der Waals surface area (Å²) in [7, 11) is 0. The van der Waals surface area contributed by atoms with Crippen molar-refractivity contribution in [3.63, 3.8) is 0 Å². The Morgan fingerprint density at radius 2 is 2.15 bits per heavy atom. The molecule has 2 aromatic heterocycles. The van der Waals surface area contributed by atoms with Crippen molar-refractivity contribution >= 4 is 34.1 Å². The topological polar surface area (TPSA) is 147 Å². The summed E-state index contributed by atoms with van der Waals surface area (Å²) in [4.78, 5) is 21.6. The molecule has 0 spiro atoms. The lowest BCUT2D eigenvalue weighted by Crippen LogP contribution is -2.44. The molecule has 2 atom stereocenters. The average molecular weight is 464 g/mol. The number of fused-ring (bicyclic) bond motifs is 2. The number of rotatable bonds is 3. The molecule has 1 amide bonds. The summed E-state index contributed by atoms with van der Waals surface area (Å²) in [5, 5.41) is 23.3. The third kappa shape index (κ3) is 3.39. The van der Waals surface area contributed by atoms with E-state index in [1.54, 1.807) is 6.07 Å². The van der Waals surface area contributed by atoms with E-state index in [2.05, 4.69) is 21.4 Å². The van der Waals surface area contributed by atoms with E-state index in [0.717, 1.165) is 10.5 Å². The molecule has 2 unspecified atom stereocenters. The van der Waals surface area contributed by atoms with Crippen LogP contribution in [0, 0.1) is 30.0 Å². The molecule has 10 nitrogen and oxygen atoms in total. The number of benzene rings is 1. The second-order valence-electron chi connectivity index (χ2n) is 8.16. The van der Waals surface area contributed by atoms with Crippen molar-refractivity contribution in [1.29, 1.82) is 5.26 Å². The van der Waals surface area contributed by atoms with Crippen LogP contribution in [0.4, 0.5) is 26.4 Å². The first-order valence-corrected chi connectivity index (χ1v) is 10.6. The Kier molecular flexibility index (Phi) is 5.30. The van der Waals surface area contributed by atoms with Gasteiger partial charge in [0.15, 0.2) is 5.82 Å². The molecule has 1 aromatic carbocycles. The van der Waals surface area contributed by atoms with Gasteiger partial charge in [-0.2, -0.15) is 5.26 Å². The van der Waals surface area contributed by atoms with Crippen LogP contribution in [0.2, 0.25) is 0 Å². The van der Waals surface area contributed by atoms with Gasteiger partial charge in [-0.05, 0) is 30.0 Å². The van der Waals surface area contributed by atoms with E-state index in [4.69, 9.17) is 15.2 Å². The van der Waals surface area contributed by atoms with Gasteiger partial charge in [-0.3, -0.25) is 4.90 Å². The van der Waals surface area contributed by atoms with Crippen LogP contribution < -0.4 is 20.7 Å². The Bertz CT molecular complexity index is 1360. The molecule has 174 valence electrons. The van der Waals surface area contributed by atoms with Crippen LogP contribution in [0.5, 0.6) is 5.88 Å². The van der Waals surface area contributed by atoms with Gasteiger partial charge in [-0.25, -0.2) is 19.2 Å². The molecular weight excluding hydrogens is 443 g/mol. The highest BCUT2D eigenvalue weighted by atomic mass is 19.1. The van der Waals surface area contributed by atoms with Crippen LogP contribution in [-0.2, 0) is 4.74 Å². The Morgan fingerprint density at radius 1 is 1.32 bits per heavy atom. The number of carbonyl (C=O) groups is 1. The Balaban J connectivity index is 1.65. The number of nitrogens with one attached hydrogen (secondary N) is 1. The second-order valence-corrected chi connectivity index (χ2v) is 8.16. The Hall–Kier alpha value is -4.17. The number of hydrogen-bond donors (Lipinski definition) is 3. The van der Waals surface area contributed by atoms with E-state index in [-0.39, 0.29) is 30.3 Å². The summed E-state index contributed by atoms with van der Waals surface area (Å²) in [6.07, 6.45) is 1.61. The van der Waals surface area contributed by atoms with Crippen LogP contribution in [0.1, 0.15) is 5.56 Å². The normalized spacial score (nSPS) is 19.1. The van der Waals surface area contributed by atoms with E-state index in [9.17, 15) is 15.2 Å². The van der Waals surface area contributed by atoms with E-state index in [1.165, 1.54) is 18.5 Å². The minimum Gasteiger partial charge on any atom is -0.474 e. The average Bonchev–Trinajstić information content (AvgIpc) is 3.30. The van der Waals surface area contributed by atoms with E-state index >= 15 is 4.39 Å². The van der Waals surface area contributed by atoms with Crippen molar-refractivity contribution in [3.05, 3.63) is 35.9 Å². The number of nitriles is 1. The SMILES string of the molecule is Cc1c(-c2cc3cc(N(C(=O)O)C4COCC4C#N)ncc3c(N)c2F)cnc2c1NCCO2. The molecule has 3 aromatic rings. The lowest BCUT2D eigenvalue weighted by atomic mass is 9.97. The highest BCUT2D eigenvalue weighted by Crippen LogP contribution is 2.40. The minimum absolute atomic E-state index is 0.0795. The zero-order valence-electron chi connectivity index (χ0n) is 18.2. The fourth-order valence-corrected chi connectivity index (χ4v) is 4.44. The van der Waals surface area contributed by atoms with Crippen molar-refractivity contribution in [2.75, 3.05) is 42.3 Å². The van der Waals surface area contributed by atoms with Gasteiger partial charge in [0.2, 0.25) is 5.88 Å².